The predicted octanol–water partition coefficient (Wildman–Crippen LogP) is 19.2. The van der Waals surface area contributed by atoms with Gasteiger partial charge in [-0.05, 0) is 83.7 Å². The number of nitrogens with one attached hydrogen (secondary N) is 1. The molecule has 0 aromatic carbocycles. The van der Waals surface area contributed by atoms with Gasteiger partial charge in [0.1, 0.15) is 6.33 Å². The lowest BCUT2D eigenvalue weighted by atomic mass is 10.0. The van der Waals surface area contributed by atoms with E-state index in [9.17, 15) is 4.79 Å². The Morgan fingerprint density at radius 2 is 0.765 bits per heavy atom. The van der Waals surface area contributed by atoms with Gasteiger partial charge in [-0.3, -0.25) is 9.78 Å². The molecule has 0 saturated carbocycles. The zero-order valence-corrected chi connectivity index (χ0v) is 49.1. The van der Waals surface area contributed by atoms with Crippen LogP contribution >= 0.6 is 0 Å². The molecule has 6 heterocycles. The van der Waals surface area contributed by atoms with Crippen LogP contribution in [-0.4, -0.2) is 39.7 Å². The second-order valence-corrected chi connectivity index (χ2v) is 15.9. The highest BCUT2D eigenvalue weighted by atomic mass is 16.1. The summed E-state index contributed by atoms with van der Waals surface area (Å²) in [4.78, 5) is 23.8. The lowest BCUT2D eigenvalue weighted by Gasteiger charge is -2.05. The number of fused-ring (bicyclic) bond motifs is 1. The third-order valence-corrected chi connectivity index (χ3v) is 3.51. The summed E-state index contributed by atoms with van der Waals surface area (Å²) in [7, 11) is 0. The third kappa shape index (κ3) is 152. The molecule has 68 heavy (non-hydrogen) atoms. The monoisotopic (exact) mass is 953 g/mol. The van der Waals surface area contributed by atoms with E-state index in [2.05, 4.69) is 146 Å². The first-order valence-electron chi connectivity index (χ1n) is 25.1. The van der Waals surface area contributed by atoms with Gasteiger partial charge in [0.25, 0.3) is 0 Å². The van der Waals surface area contributed by atoms with Crippen LogP contribution < -0.4 is 5.56 Å². The number of hydrogen-bond acceptors (Lipinski definition) is 7. The largest absolute Gasteiger partial charge is 0.329 e. The molecule has 0 radical (unpaired) electrons. The minimum atomic E-state index is -0.0532. The van der Waals surface area contributed by atoms with E-state index in [0.29, 0.717) is 5.41 Å². The SMILES string of the molecule is C.CC.CC.CC.CC.CC.CC.CC(C)(C)C.CC(C)C.CC(C)C.CC(C)C.CC(C)C.O=c1cccc[nH]1.c1ccn2nccc2c1.c1ccncc1.c1ccnnc1.c1cncnc1. The molecule has 0 fully saturated rings. The van der Waals surface area contributed by atoms with E-state index in [1.54, 1.807) is 67.8 Å². The number of nitrogens with zero attached hydrogens (tertiary/aromatic N) is 7. The van der Waals surface area contributed by atoms with E-state index >= 15 is 0 Å². The average Bonchev–Trinajstić information content (AvgIpc) is 3.82. The molecule has 0 unspecified atom stereocenters. The maximum atomic E-state index is 10.2. The first-order chi connectivity index (χ1) is 31.8. The van der Waals surface area contributed by atoms with Crippen molar-refractivity contribution in [3.63, 3.8) is 0 Å². The quantitative estimate of drug-likeness (QED) is 0.161. The zero-order valence-electron chi connectivity index (χ0n) is 49.1. The van der Waals surface area contributed by atoms with Crippen molar-refractivity contribution < 1.29 is 0 Å². The van der Waals surface area contributed by atoms with Gasteiger partial charge in [0.15, 0.2) is 0 Å². The minimum Gasteiger partial charge on any atom is -0.329 e. The van der Waals surface area contributed by atoms with Crippen molar-refractivity contribution in [2.45, 2.75) is 201 Å². The second kappa shape index (κ2) is 85.3. The molecule has 0 bridgehead atoms. The fourth-order valence-electron chi connectivity index (χ4n) is 2.06. The first-order valence-corrected chi connectivity index (χ1v) is 25.1. The summed E-state index contributed by atoms with van der Waals surface area (Å²) in [6.07, 6.45) is 17.0. The minimum absolute atomic E-state index is 0. The Morgan fingerprint density at radius 1 is 0.426 bits per heavy atom. The fourth-order valence-corrected chi connectivity index (χ4v) is 2.06. The van der Waals surface area contributed by atoms with Gasteiger partial charge in [0.05, 0.1) is 5.52 Å². The summed E-state index contributed by atoms with van der Waals surface area (Å²) in [6, 6.07) is 24.0. The van der Waals surface area contributed by atoms with Crippen LogP contribution in [0.5, 0.6) is 0 Å². The molecule has 6 aromatic rings. The van der Waals surface area contributed by atoms with Gasteiger partial charge < -0.3 is 4.98 Å². The van der Waals surface area contributed by atoms with E-state index in [-0.39, 0.29) is 13.0 Å². The standard InChI is InChI=1S/C7H6N2.C5H5NO.C5H5N.C5H12.2C4H4N2.4C4H10.6C2H6.CH4/c1-2-6-9-7(3-1)4-5-8-9;7-5-3-1-2-4-6-5;1-2-4-6-5-3-1;1-5(2,3)4;1-2-5-4-6-3-1;1-2-4-6-5-3-1;4*1-4(2)3;6*1-2;/h1-6H;1-4H,(H,6,7);1-5H;1-4H3;2*1-4H;4*4H,1-3H3;6*1-2H3;1H4. The molecule has 0 aliphatic heterocycles. The summed E-state index contributed by atoms with van der Waals surface area (Å²) >= 11 is 0. The van der Waals surface area contributed by atoms with Crippen LogP contribution in [-0.2, 0) is 0 Å². The van der Waals surface area contributed by atoms with E-state index in [1.807, 2.05) is 148 Å². The summed E-state index contributed by atoms with van der Waals surface area (Å²) in [5, 5.41) is 11.1. The Bertz CT molecular complexity index is 1330. The van der Waals surface area contributed by atoms with Gasteiger partial charge in [0.2, 0.25) is 5.56 Å². The molecule has 1 N–H and O–H groups in total. The molecule has 9 heteroatoms. The number of pyridine rings is 3. The number of hydrogen-bond donors (Lipinski definition) is 1. The molecule has 0 aliphatic carbocycles. The van der Waals surface area contributed by atoms with Gasteiger partial charge in [-0.2, -0.15) is 15.3 Å². The highest BCUT2D eigenvalue weighted by Crippen LogP contribution is 2.08. The van der Waals surface area contributed by atoms with Crippen molar-refractivity contribution >= 4 is 5.52 Å². The van der Waals surface area contributed by atoms with Crippen LogP contribution in [0.4, 0.5) is 0 Å². The Balaban J connectivity index is -0.0000000580. The van der Waals surface area contributed by atoms with Crippen LogP contribution in [0.3, 0.4) is 0 Å². The van der Waals surface area contributed by atoms with Crippen molar-refractivity contribution in [2.75, 3.05) is 0 Å². The maximum absolute atomic E-state index is 10.2. The summed E-state index contributed by atoms with van der Waals surface area (Å²) in [6.45, 7) is 58.7. The average molecular weight is 954 g/mol. The van der Waals surface area contributed by atoms with Crippen LogP contribution in [0.1, 0.15) is 201 Å². The fraction of sp³-hybridized carbons (Fsp3) is 0.576. The Hall–Kier alpha value is -5.05. The van der Waals surface area contributed by atoms with Crippen LogP contribution in [0.25, 0.3) is 5.52 Å². The van der Waals surface area contributed by atoms with E-state index < -0.39 is 0 Å². The molecule has 0 saturated heterocycles. The van der Waals surface area contributed by atoms with Crippen molar-refractivity contribution in [1.29, 1.82) is 0 Å². The molecule has 9 nitrogen and oxygen atoms in total. The van der Waals surface area contributed by atoms with E-state index in [4.69, 9.17) is 0 Å². The van der Waals surface area contributed by atoms with Crippen molar-refractivity contribution in [2.24, 2.45) is 29.1 Å². The van der Waals surface area contributed by atoms with Crippen molar-refractivity contribution in [1.82, 2.24) is 39.7 Å². The molecular formula is C59H116N8O. The third-order valence-electron chi connectivity index (χ3n) is 3.51. The molecule has 0 atom stereocenters. The smallest absolute Gasteiger partial charge is 0.247 e. The normalized spacial score (nSPS) is 7.88. The lowest BCUT2D eigenvalue weighted by Crippen LogP contribution is -1.98. The highest BCUT2D eigenvalue weighted by Gasteiger charge is 1.95. The molecule has 6 rings (SSSR count). The molecule has 0 amide bonds. The predicted molar refractivity (Wildman–Crippen MR) is 313 cm³/mol. The van der Waals surface area contributed by atoms with Crippen molar-refractivity contribution in [3.8, 4) is 0 Å². The van der Waals surface area contributed by atoms with Gasteiger partial charge in [-0.25, -0.2) is 14.5 Å². The topological polar surface area (TPSA) is 115 Å². The zero-order chi connectivity index (χ0) is 54.8. The maximum Gasteiger partial charge on any atom is 0.247 e. The summed E-state index contributed by atoms with van der Waals surface area (Å²) in [5.74, 6) is 3.33. The van der Waals surface area contributed by atoms with Crippen LogP contribution in [0.2, 0.25) is 0 Å². The Morgan fingerprint density at radius 3 is 0.956 bits per heavy atom. The van der Waals surface area contributed by atoms with Gasteiger partial charge >= 0.3 is 0 Å². The number of rotatable bonds is 0. The number of aromatic amines is 1. The first kappa shape index (κ1) is 89.5. The number of H-pyrrole nitrogens is 1. The lowest BCUT2D eigenvalue weighted by molar-refractivity contribution is 0.469. The molecule has 6 aromatic heterocycles. The summed E-state index contributed by atoms with van der Waals surface area (Å²) in [5.41, 5.74) is 1.58. The van der Waals surface area contributed by atoms with Crippen LogP contribution in [0.15, 0.2) is 146 Å². The highest BCUT2D eigenvalue weighted by molar-refractivity contribution is 5.44. The molecule has 0 aliphatic rings. The van der Waals surface area contributed by atoms with Crippen molar-refractivity contribution in [3.05, 3.63) is 151 Å². The van der Waals surface area contributed by atoms with Crippen LogP contribution in [0, 0.1) is 29.1 Å². The summed E-state index contributed by atoms with van der Waals surface area (Å²) < 4.78 is 1.83. The Labute approximate surface area is 425 Å². The van der Waals surface area contributed by atoms with E-state index in [1.165, 1.54) is 12.4 Å². The number of aromatic nitrogens is 8. The van der Waals surface area contributed by atoms with Gasteiger partial charge in [0, 0.05) is 61.8 Å². The molecular weight excluding hydrogens is 837 g/mol. The second-order valence-electron chi connectivity index (χ2n) is 15.9. The van der Waals surface area contributed by atoms with Gasteiger partial charge in [-0.1, -0.05) is 219 Å². The molecule has 398 valence electrons. The van der Waals surface area contributed by atoms with E-state index in [0.717, 1.165) is 29.2 Å². The van der Waals surface area contributed by atoms with Gasteiger partial charge in [-0.15, -0.1) is 0 Å². The Kier molecular flexibility index (Phi) is 112. The molecule has 0 spiro atoms.